The monoisotopic (exact) mass is 397 g/mol. The van der Waals surface area contributed by atoms with E-state index in [1.54, 1.807) is 42.2 Å². The van der Waals surface area contributed by atoms with Gasteiger partial charge in [0, 0.05) is 36.9 Å². The molecule has 2 aromatic rings. The topological polar surface area (TPSA) is 111 Å². The molecule has 2 aliphatic heterocycles. The summed E-state index contributed by atoms with van der Waals surface area (Å²) in [7, 11) is 0. The van der Waals surface area contributed by atoms with E-state index in [2.05, 4.69) is 5.32 Å². The molecular weight excluding hydrogens is 378 g/mol. The number of nitrogens with one attached hydrogen (secondary N) is 1. The Morgan fingerprint density at radius 1 is 1.24 bits per heavy atom. The fraction of sp³-hybridized carbons (Fsp3) is 0.300. The summed E-state index contributed by atoms with van der Waals surface area (Å²) in [6.45, 7) is 2.16. The van der Waals surface area contributed by atoms with Crippen LogP contribution >= 0.6 is 0 Å². The van der Waals surface area contributed by atoms with Gasteiger partial charge in [-0.3, -0.25) is 19.7 Å². The van der Waals surface area contributed by atoms with Crippen LogP contribution in [0.4, 0.5) is 11.4 Å². The summed E-state index contributed by atoms with van der Waals surface area (Å²) in [5, 5.41) is 13.8. The molecule has 0 aromatic heterocycles. The van der Waals surface area contributed by atoms with Crippen molar-refractivity contribution in [1.82, 2.24) is 5.32 Å². The second-order valence-corrected chi connectivity index (χ2v) is 7.03. The predicted molar refractivity (Wildman–Crippen MR) is 103 cm³/mol. The lowest BCUT2D eigenvalue weighted by molar-refractivity contribution is -0.384. The van der Waals surface area contributed by atoms with Crippen LogP contribution in [0.15, 0.2) is 42.5 Å². The van der Waals surface area contributed by atoms with Crippen molar-refractivity contribution in [2.75, 3.05) is 18.2 Å². The molecule has 0 radical (unpaired) electrons. The quantitative estimate of drug-likeness (QED) is 0.613. The summed E-state index contributed by atoms with van der Waals surface area (Å²) >= 11 is 0. The Labute approximate surface area is 166 Å². The molecule has 150 valence electrons. The molecule has 2 amide bonds. The van der Waals surface area contributed by atoms with Crippen LogP contribution in [0.25, 0.3) is 0 Å². The van der Waals surface area contributed by atoms with Crippen LogP contribution in [0.5, 0.6) is 11.5 Å². The van der Waals surface area contributed by atoms with Crippen LogP contribution in [0.1, 0.15) is 24.9 Å². The van der Waals surface area contributed by atoms with Crippen molar-refractivity contribution in [2.24, 2.45) is 5.92 Å². The smallest absolute Gasteiger partial charge is 0.269 e. The second-order valence-electron chi connectivity index (χ2n) is 7.03. The van der Waals surface area contributed by atoms with Gasteiger partial charge in [-0.1, -0.05) is 12.1 Å². The molecule has 2 aromatic carbocycles. The van der Waals surface area contributed by atoms with Gasteiger partial charge in [0.2, 0.25) is 18.6 Å². The predicted octanol–water partition coefficient (Wildman–Crippen LogP) is 2.55. The normalized spacial score (nSPS) is 18.6. The number of carbonyl (C=O) groups is 2. The number of rotatable bonds is 5. The number of nitrogens with zero attached hydrogens (tertiary/aromatic N) is 2. The summed E-state index contributed by atoms with van der Waals surface area (Å²) < 4.78 is 10.6. The Bertz CT molecular complexity index is 992. The van der Waals surface area contributed by atoms with E-state index in [0.717, 1.165) is 0 Å². The molecule has 0 bridgehead atoms. The molecule has 2 atom stereocenters. The number of non-ortho nitro benzene ring substituents is 1. The minimum atomic E-state index is -0.505. The highest BCUT2D eigenvalue weighted by Gasteiger charge is 2.36. The fourth-order valence-corrected chi connectivity index (χ4v) is 3.51. The third-order valence-electron chi connectivity index (χ3n) is 5.10. The van der Waals surface area contributed by atoms with Crippen LogP contribution < -0.4 is 19.7 Å². The number of carbonyl (C=O) groups excluding carboxylic acids is 2. The highest BCUT2D eigenvalue weighted by atomic mass is 16.7. The van der Waals surface area contributed by atoms with E-state index < -0.39 is 16.9 Å². The molecular formula is C20H19N3O6. The third-order valence-corrected chi connectivity index (χ3v) is 5.10. The van der Waals surface area contributed by atoms with Crippen LogP contribution in [-0.2, 0) is 9.59 Å². The molecule has 9 nitrogen and oxygen atoms in total. The zero-order chi connectivity index (χ0) is 20.5. The first-order chi connectivity index (χ1) is 13.9. The van der Waals surface area contributed by atoms with Gasteiger partial charge in [-0.25, -0.2) is 0 Å². The first-order valence-electron chi connectivity index (χ1n) is 9.17. The minimum Gasteiger partial charge on any atom is -0.454 e. The lowest BCUT2D eigenvalue weighted by atomic mass is 10.0. The molecule has 0 saturated carbocycles. The number of hydrogen-bond donors (Lipinski definition) is 1. The molecule has 29 heavy (non-hydrogen) atoms. The fourth-order valence-electron chi connectivity index (χ4n) is 3.51. The molecule has 1 N–H and O–H groups in total. The van der Waals surface area contributed by atoms with Gasteiger partial charge in [-0.15, -0.1) is 0 Å². The molecule has 2 heterocycles. The molecule has 0 spiro atoms. The van der Waals surface area contributed by atoms with Crippen LogP contribution in [0.2, 0.25) is 0 Å². The Morgan fingerprint density at radius 2 is 2.03 bits per heavy atom. The molecule has 2 aliphatic rings. The Hall–Kier alpha value is -3.62. The Balaban J connectivity index is 1.43. The number of ether oxygens (including phenoxy) is 2. The molecule has 1 saturated heterocycles. The summed E-state index contributed by atoms with van der Waals surface area (Å²) in [5.74, 6) is 0.282. The molecule has 0 aliphatic carbocycles. The first-order valence-corrected chi connectivity index (χ1v) is 9.17. The van der Waals surface area contributed by atoms with E-state index in [9.17, 15) is 19.7 Å². The first kappa shape index (κ1) is 18.7. The van der Waals surface area contributed by atoms with E-state index in [1.165, 1.54) is 12.1 Å². The maximum absolute atomic E-state index is 12.7. The summed E-state index contributed by atoms with van der Waals surface area (Å²) in [5.41, 5.74) is 1.25. The van der Waals surface area contributed by atoms with Gasteiger partial charge in [0.05, 0.1) is 16.9 Å². The molecule has 1 fully saturated rings. The van der Waals surface area contributed by atoms with Crippen LogP contribution in [-0.4, -0.2) is 30.1 Å². The van der Waals surface area contributed by atoms with E-state index in [4.69, 9.17) is 9.47 Å². The Morgan fingerprint density at radius 3 is 2.83 bits per heavy atom. The number of benzene rings is 2. The number of fused-ring (bicyclic) bond motifs is 1. The van der Waals surface area contributed by atoms with E-state index >= 15 is 0 Å². The zero-order valence-corrected chi connectivity index (χ0v) is 15.7. The van der Waals surface area contributed by atoms with Gasteiger partial charge in [0.15, 0.2) is 11.5 Å². The van der Waals surface area contributed by atoms with Crippen molar-refractivity contribution < 1.29 is 24.0 Å². The maximum Gasteiger partial charge on any atom is 0.269 e. The van der Waals surface area contributed by atoms with Crippen molar-refractivity contribution in [3.05, 3.63) is 58.1 Å². The van der Waals surface area contributed by atoms with Gasteiger partial charge < -0.3 is 19.7 Å². The van der Waals surface area contributed by atoms with Crippen LogP contribution in [0.3, 0.4) is 0 Å². The SMILES string of the molecule is CC(NC(=O)C1CC(=O)N(c2ccc3c(c2)OCO3)C1)c1cccc([N+](=O)[O-])c1. The van der Waals surface area contributed by atoms with Gasteiger partial charge in [0.1, 0.15) is 0 Å². The number of nitro groups is 1. The van der Waals surface area contributed by atoms with E-state index in [1.807, 2.05) is 0 Å². The molecule has 4 rings (SSSR count). The van der Waals surface area contributed by atoms with E-state index in [0.29, 0.717) is 22.7 Å². The molecule has 2 unspecified atom stereocenters. The Kier molecular flexibility index (Phi) is 4.79. The summed E-state index contributed by atoms with van der Waals surface area (Å²) in [6, 6.07) is 10.9. The highest BCUT2D eigenvalue weighted by molar-refractivity contribution is 6.00. The van der Waals surface area contributed by atoms with Crippen molar-refractivity contribution >= 4 is 23.2 Å². The zero-order valence-electron chi connectivity index (χ0n) is 15.7. The highest BCUT2D eigenvalue weighted by Crippen LogP contribution is 2.37. The van der Waals surface area contributed by atoms with Crippen molar-refractivity contribution in [1.29, 1.82) is 0 Å². The number of nitro benzene ring substituents is 1. The van der Waals surface area contributed by atoms with E-state index in [-0.39, 0.29) is 37.3 Å². The van der Waals surface area contributed by atoms with Crippen molar-refractivity contribution in [3.63, 3.8) is 0 Å². The van der Waals surface area contributed by atoms with Crippen molar-refractivity contribution in [2.45, 2.75) is 19.4 Å². The van der Waals surface area contributed by atoms with Crippen molar-refractivity contribution in [3.8, 4) is 11.5 Å². The third kappa shape index (κ3) is 3.71. The van der Waals surface area contributed by atoms with Crippen LogP contribution in [0, 0.1) is 16.0 Å². The molecule has 9 heteroatoms. The lowest BCUT2D eigenvalue weighted by Crippen LogP contribution is -2.34. The minimum absolute atomic E-state index is 0.0337. The largest absolute Gasteiger partial charge is 0.454 e. The van der Waals surface area contributed by atoms with Gasteiger partial charge in [-0.2, -0.15) is 0 Å². The number of hydrogen-bond acceptors (Lipinski definition) is 6. The standard InChI is InChI=1S/C20H19N3O6/c1-12(13-3-2-4-16(7-13)23(26)27)21-20(25)14-8-19(24)22(10-14)15-5-6-17-18(9-15)29-11-28-17/h2-7,9,12,14H,8,10-11H2,1H3,(H,21,25). The summed E-state index contributed by atoms with van der Waals surface area (Å²) in [4.78, 5) is 37.2. The van der Waals surface area contributed by atoms with Gasteiger partial charge in [0.25, 0.3) is 5.69 Å². The number of amides is 2. The summed E-state index contributed by atoms with van der Waals surface area (Å²) in [6.07, 6.45) is 0.0991. The average Bonchev–Trinajstić information content (AvgIpc) is 3.33. The lowest BCUT2D eigenvalue weighted by Gasteiger charge is -2.19. The van der Waals surface area contributed by atoms with Gasteiger partial charge in [-0.05, 0) is 24.6 Å². The number of anilines is 1. The second kappa shape index (κ2) is 7.42. The maximum atomic E-state index is 12.7. The average molecular weight is 397 g/mol. The van der Waals surface area contributed by atoms with Gasteiger partial charge >= 0.3 is 0 Å².